The molecule has 2 aromatic rings. The molecule has 1 saturated carbocycles. The largest absolute Gasteiger partial charge is 0.338 e. The molecule has 1 aromatic heterocycles. The predicted octanol–water partition coefficient (Wildman–Crippen LogP) is 3.08. The van der Waals surface area contributed by atoms with Gasteiger partial charge in [-0.1, -0.05) is 12.1 Å². The second kappa shape index (κ2) is 4.58. The van der Waals surface area contributed by atoms with Crippen molar-refractivity contribution in [3.63, 3.8) is 0 Å². The van der Waals surface area contributed by atoms with Gasteiger partial charge in [-0.3, -0.25) is 0 Å². The molecule has 0 unspecified atom stereocenters. The quantitative estimate of drug-likeness (QED) is 0.862. The molecule has 1 aliphatic carbocycles. The van der Waals surface area contributed by atoms with E-state index in [1.165, 1.54) is 25.0 Å². The maximum absolute atomic E-state index is 12.9. The molecule has 0 spiro atoms. The van der Waals surface area contributed by atoms with E-state index in [1.807, 2.05) is 12.1 Å². The van der Waals surface area contributed by atoms with Gasteiger partial charge in [-0.05, 0) is 48.0 Å². The molecule has 2 fully saturated rings. The predicted molar refractivity (Wildman–Crippen MR) is 72.2 cm³/mol. The monoisotopic (exact) mass is 273 g/mol. The normalized spacial score (nSPS) is 25.1. The van der Waals surface area contributed by atoms with E-state index in [2.05, 4.69) is 15.0 Å². The molecule has 20 heavy (non-hydrogen) atoms. The number of nitrogens with zero attached hydrogens (tertiary/aromatic N) is 3. The zero-order valence-electron chi connectivity index (χ0n) is 11.1. The van der Waals surface area contributed by atoms with Crippen molar-refractivity contribution in [3.8, 4) is 0 Å². The van der Waals surface area contributed by atoms with Gasteiger partial charge in [-0.25, -0.2) is 4.39 Å². The number of aromatic nitrogens is 2. The molecule has 0 N–H and O–H groups in total. The number of rotatable bonds is 3. The van der Waals surface area contributed by atoms with Gasteiger partial charge < -0.3 is 9.42 Å². The standard InChI is InChI=1S/C15H16FN3O/c16-11-5-3-10(4-6-11)12-9-13(12)14-17-15(18-20-14)19-7-1-2-8-19/h3-6,12-13H,1-2,7-9H2/t12-,13+/m0/s1. The maximum Gasteiger partial charge on any atom is 0.266 e. The van der Waals surface area contributed by atoms with Gasteiger partial charge in [0.1, 0.15) is 5.82 Å². The highest BCUT2D eigenvalue weighted by molar-refractivity contribution is 5.34. The van der Waals surface area contributed by atoms with Crippen molar-refractivity contribution in [1.29, 1.82) is 0 Å². The smallest absolute Gasteiger partial charge is 0.266 e. The average molecular weight is 273 g/mol. The Morgan fingerprint density at radius 3 is 2.60 bits per heavy atom. The van der Waals surface area contributed by atoms with Crippen LogP contribution in [-0.4, -0.2) is 23.2 Å². The molecular formula is C15H16FN3O. The molecule has 4 rings (SSSR count). The molecule has 2 atom stereocenters. The molecule has 2 heterocycles. The summed E-state index contributed by atoms with van der Waals surface area (Å²) in [6, 6.07) is 6.71. The third-order valence-electron chi connectivity index (χ3n) is 4.23. The summed E-state index contributed by atoms with van der Waals surface area (Å²) in [5, 5.41) is 4.08. The zero-order chi connectivity index (χ0) is 13.5. The molecule has 0 bridgehead atoms. The molecule has 2 aliphatic rings. The van der Waals surface area contributed by atoms with Gasteiger partial charge in [0.2, 0.25) is 5.89 Å². The Morgan fingerprint density at radius 2 is 1.85 bits per heavy atom. The van der Waals surface area contributed by atoms with Crippen LogP contribution < -0.4 is 4.90 Å². The molecule has 1 aliphatic heterocycles. The van der Waals surface area contributed by atoms with Crippen molar-refractivity contribution in [2.75, 3.05) is 18.0 Å². The highest BCUT2D eigenvalue weighted by Crippen LogP contribution is 2.54. The summed E-state index contributed by atoms with van der Waals surface area (Å²) >= 11 is 0. The molecule has 0 amide bonds. The van der Waals surface area contributed by atoms with Crippen LogP contribution >= 0.6 is 0 Å². The lowest BCUT2D eigenvalue weighted by Crippen LogP contribution is -2.18. The van der Waals surface area contributed by atoms with E-state index in [1.54, 1.807) is 0 Å². The fraction of sp³-hybridized carbons (Fsp3) is 0.467. The van der Waals surface area contributed by atoms with E-state index in [-0.39, 0.29) is 5.82 Å². The highest BCUT2D eigenvalue weighted by atomic mass is 19.1. The van der Waals surface area contributed by atoms with Gasteiger partial charge in [0.25, 0.3) is 5.95 Å². The Hall–Kier alpha value is -1.91. The van der Waals surface area contributed by atoms with Gasteiger partial charge in [0, 0.05) is 19.0 Å². The van der Waals surface area contributed by atoms with Crippen LogP contribution in [0.5, 0.6) is 0 Å². The van der Waals surface area contributed by atoms with E-state index in [4.69, 9.17) is 4.52 Å². The molecule has 4 nitrogen and oxygen atoms in total. The van der Waals surface area contributed by atoms with Gasteiger partial charge in [0.15, 0.2) is 0 Å². The SMILES string of the molecule is Fc1ccc([C@@H]2C[C@H]2c2nc(N3CCCC3)no2)cc1. The third kappa shape index (κ3) is 2.07. The van der Waals surface area contributed by atoms with Crippen molar-refractivity contribution < 1.29 is 8.91 Å². The number of hydrogen-bond acceptors (Lipinski definition) is 4. The van der Waals surface area contributed by atoms with E-state index in [9.17, 15) is 4.39 Å². The number of benzene rings is 1. The second-order valence-corrected chi connectivity index (χ2v) is 5.63. The number of anilines is 1. The Kier molecular flexibility index (Phi) is 2.72. The third-order valence-corrected chi connectivity index (χ3v) is 4.23. The van der Waals surface area contributed by atoms with Crippen LogP contribution in [0.25, 0.3) is 0 Å². The Bertz CT molecular complexity index is 604. The van der Waals surface area contributed by atoms with Crippen LogP contribution in [0.2, 0.25) is 0 Å². The van der Waals surface area contributed by atoms with Crippen molar-refractivity contribution in [2.45, 2.75) is 31.1 Å². The molecule has 104 valence electrons. The van der Waals surface area contributed by atoms with Crippen molar-refractivity contribution in [3.05, 3.63) is 41.5 Å². The maximum atomic E-state index is 12.9. The summed E-state index contributed by atoms with van der Waals surface area (Å²) in [7, 11) is 0. The van der Waals surface area contributed by atoms with E-state index in [0.717, 1.165) is 36.9 Å². The van der Waals surface area contributed by atoms with Crippen molar-refractivity contribution >= 4 is 5.95 Å². The minimum atomic E-state index is -0.194. The first-order valence-corrected chi connectivity index (χ1v) is 7.15. The summed E-state index contributed by atoms with van der Waals surface area (Å²) in [5.41, 5.74) is 1.15. The summed E-state index contributed by atoms with van der Waals surface area (Å²) < 4.78 is 18.3. The summed E-state index contributed by atoms with van der Waals surface area (Å²) in [4.78, 5) is 6.69. The second-order valence-electron chi connectivity index (χ2n) is 5.63. The van der Waals surface area contributed by atoms with Crippen molar-refractivity contribution in [1.82, 2.24) is 10.1 Å². The van der Waals surface area contributed by atoms with E-state index in [0.29, 0.717) is 11.8 Å². The topological polar surface area (TPSA) is 42.2 Å². The fourth-order valence-electron chi connectivity index (χ4n) is 2.97. The molecule has 5 heteroatoms. The van der Waals surface area contributed by atoms with Crippen LogP contribution in [0.15, 0.2) is 28.8 Å². The van der Waals surface area contributed by atoms with Gasteiger partial charge in [-0.15, -0.1) is 0 Å². The lowest BCUT2D eigenvalue weighted by Gasteiger charge is -2.09. The van der Waals surface area contributed by atoms with Gasteiger partial charge in [-0.2, -0.15) is 4.98 Å². The van der Waals surface area contributed by atoms with Crippen LogP contribution in [-0.2, 0) is 0 Å². The minimum absolute atomic E-state index is 0.194. The van der Waals surface area contributed by atoms with Gasteiger partial charge >= 0.3 is 0 Å². The van der Waals surface area contributed by atoms with E-state index < -0.39 is 0 Å². The molecule has 1 aromatic carbocycles. The first kappa shape index (κ1) is 11.9. The Morgan fingerprint density at radius 1 is 1.10 bits per heavy atom. The van der Waals surface area contributed by atoms with Gasteiger partial charge in [0.05, 0.1) is 0 Å². The lowest BCUT2D eigenvalue weighted by molar-refractivity contribution is 0.377. The zero-order valence-corrected chi connectivity index (χ0v) is 11.1. The summed E-state index contributed by atoms with van der Waals surface area (Å²) in [6.45, 7) is 2.04. The Balaban J connectivity index is 1.48. The summed E-state index contributed by atoms with van der Waals surface area (Å²) in [5.74, 6) is 1.94. The Labute approximate surface area is 116 Å². The number of halogens is 1. The fourth-order valence-corrected chi connectivity index (χ4v) is 2.97. The van der Waals surface area contributed by atoms with Crippen LogP contribution in [0.4, 0.5) is 10.3 Å². The lowest BCUT2D eigenvalue weighted by atomic mass is 10.1. The molecule has 1 saturated heterocycles. The molecular weight excluding hydrogens is 257 g/mol. The average Bonchev–Trinajstić information content (AvgIpc) is 2.92. The van der Waals surface area contributed by atoms with E-state index >= 15 is 0 Å². The molecule has 0 radical (unpaired) electrons. The minimum Gasteiger partial charge on any atom is -0.338 e. The van der Waals surface area contributed by atoms with Crippen molar-refractivity contribution in [2.24, 2.45) is 0 Å². The highest BCUT2D eigenvalue weighted by Gasteiger charge is 2.44. The number of hydrogen-bond donors (Lipinski definition) is 0. The first-order valence-electron chi connectivity index (χ1n) is 7.15. The van der Waals surface area contributed by atoms with Crippen LogP contribution in [0.3, 0.4) is 0 Å². The first-order chi connectivity index (χ1) is 9.81. The summed E-state index contributed by atoms with van der Waals surface area (Å²) in [6.07, 6.45) is 3.41. The van der Waals surface area contributed by atoms with Crippen LogP contribution in [0, 0.1) is 5.82 Å². The van der Waals surface area contributed by atoms with Crippen LogP contribution in [0.1, 0.15) is 42.6 Å².